The number of hydrogen-bond acceptors (Lipinski definition) is 5. The van der Waals surface area contributed by atoms with E-state index in [0.29, 0.717) is 19.6 Å². The van der Waals surface area contributed by atoms with E-state index in [1.807, 2.05) is 60.7 Å². The van der Waals surface area contributed by atoms with Crippen molar-refractivity contribution in [2.45, 2.75) is 64.4 Å². The number of piperidine rings is 1. The van der Waals surface area contributed by atoms with E-state index >= 15 is 0 Å². The van der Waals surface area contributed by atoms with Crippen molar-refractivity contribution in [2.24, 2.45) is 0 Å². The zero-order valence-electron chi connectivity index (χ0n) is 21.7. The van der Waals surface area contributed by atoms with Gasteiger partial charge in [-0.2, -0.15) is 0 Å². The highest BCUT2D eigenvalue weighted by atomic mass is 19.3. The molecule has 1 saturated heterocycles. The summed E-state index contributed by atoms with van der Waals surface area (Å²) in [6.07, 6.45) is -1.70. The number of carbonyl (C=O) groups excluding carboxylic acids is 2. The second kappa shape index (κ2) is 12.9. The van der Waals surface area contributed by atoms with Crippen molar-refractivity contribution in [3.63, 3.8) is 0 Å². The number of rotatable bonds is 9. The van der Waals surface area contributed by atoms with E-state index in [1.165, 1.54) is 4.90 Å². The third kappa shape index (κ3) is 9.64. The van der Waals surface area contributed by atoms with Crippen molar-refractivity contribution in [3.8, 4) is 0 Å². The fraction of sp³-hybridized carbons (Fsp3) is 0.500. The van der Waals surface area contributed by atoms with Gasteiger partial charge in [0.05, 0.1) is 19.2 Å². The smallest absolute Gasteiger partial charge is 0.410 e. The molecule has 1 aliphatic heterocycles. The highest BCUT2D eigenvalue weighted by Gasteiger charge is 2.46. The first-order valence-corrected chi connectivity index (χ1v) is 12.5. The van der Waals surface area contributed by atoms with Crippen LogP contribution < -0.4 is 0 Å². The Morgan fingerprint density at radius 1 is 1.00 bits per heavy atom. The Labute approximate surface area is 217 Å². The molecular formula is C28H36F2N2O5. The maximum atomic E-state index is 14.8. The summed E-state index contributed by atoms with van der Waals surface area (Å²) in [5.41, 5.74) is 0.969. The maximum Gasteiger partial charge on any atom is 0.410 e. The van der Waals surface area contributed by atoms with Gasteiger partial charge in [-0.1, -0.05) is 60.7 Å². The lowest BCUT2D eigenvalue weighted by Crippen LogP contribution is -2.58. The third-order valence-electron chi connectivity index (χ3n) is 5.72. The minimum atomic E-state index is -3.18. The minimum Gasteiger partial charge on any atom is -0.445 e. The van der Waals surface area contributed by atoms with E-state index in [0.717, 1.165) is 16.0 Å². The van der Waals surface area contributed by atoms with Crippen LogP contribution in [0.3, 0.4) is 0 Å². The molecule has 9 heteroatoms. The Hall–Kier alpha value is -3.20. The first-order chi connectivity index (χ1) is 17.5. The van der Waals surface area contributed by atoms with Crippen LogP contribution >= 0.6 is 0 Å². The number of ether oxygens (including phenoxy) is 3. The Morgan fingerprint density at radius 3 is 2.19 bits per heavy atom. The summed E-state index contributed by atoms with van der Waals surface area (Å²) in [4.78, 5) is 28.0. The van der Waals surface area contributed by atoms with Gasteiger partial charge in [-0.25, -0.2) is 18.4 Å². The van der Waals surface area contributed by atoms with E-state index in [9.17, 15) is 18.4 Å². The number of nitrogens with zero attached hydrogens (tertiary/aromatic N) is 2. The molecule has 2 aromatic carbocycles. The lowest BCUT2D eigenvalue weighted by molar-refractivity contribution is -0.0935. The predicted molar refractivity (Wildman–Crippen MR) is 135 cm³/mol. The molecule has 202 valence electrons. The van der Waals surface area contributed by atoms with E-state index < -0.39 is 42.7 Å². The molecule has 0 radical (unpaired) electrons. The summed E-state index contributed by atoms with van der Waals surface area (Å²) < 4.78 is 46.0. The van der Waals surface area contributed by atoms with Crippen LogP contribution in [0.25, 0.3) is 0 Å². The summed E-state index contributed by atoms with van der Waals surface area (Å²) in [5.74, 6) is -3.18. The fourth-order valence-electron chi connectivity index (χ4n) is 4.07. The van der Waals surface area contributed by atoms with Crippen LogP contribution in [0.2, 0.25) is 0 Å². The van der Waals surface area contributed by atoms with Gasteiger partial charge < -0.3 is 24.0 Å². The van der Waals surface area contributed by atoms with Gasteiger partial charge in [0, 0.05) is 26.1 Å². The van der Waals surface area contributed by atoms with Gasteiger partial charge in [0.1, 0.15) is 12.2 Å². The van der Waals surface area contributed by atoms with E-state index in [1.54, 1.807) is 20.8 Å². The topological polar surface area (TPSA) is 68.3 Å². The molecule has 2 aromatic rings. The molecule has 37 heavy (non-hydrogen) atoms. The standard InChI is InChI=1S/C28H36F2N2O5/c1-27(2,3)37-25(33)31-18-24(17-28(29,30)21-31)32(26(34)36-20-23-13-8-5-9-14-23)15-10-16-35-19-22-11-6-4-7-12-22/h4-9,11-14,24H,10,15-21H2,1-3H3/t24-/m1/s1. The average molecular weight is 519 g/mol. The summed E-state index contributed by atoms with van der Waals surface area (Å²) in [6, 6.07) is 17.8. The average Bonchev–Trinajstić information content (AvgIpc) is 2.84. The van der Waals surface area contributed by atoms with Gasteiger partial charge in [0.2, 0.25) is 0 Å². The maximum absolute atomic E-state index is 14.8. The summed E-state index contributed by atoms with van der Waals surface area (Å²) >= 11 is 0. The zero-order valence-corrected chi connectivity index (χ0v) is 21.7. The van der Waals surface area contributed by atoms with Crippen LogP contribution in [0.1, 0.15) is 44.7 Å². The third-order valence-corrected chi connectivity index (χ3v) is 5.72. The molecule has 0 bridgehead atoms. The number of halogens is 2. The first-order valence-electron chi connectivity index (χ1n) is 12.5. The van der Waals surface area contributed by atoms with Crippen LogP contribution in [0.15, 0.2) is 60.7 Å². The molecule has 0 N–H and O–H groups in total. The van der Waals surface area contributed by atoms with Crippen LogP contribution in [-0.4, -0.2) is 65.8 Å². The molecule has 7 nitrogen and oxygen atoms in total. The molecule has 1 fully saturated rings. The quantitative estimate of drug-likeness (QED) is 0.388. The molecule has 1 aliphatic rings. The second-order valence-electron chi connectivity index (χ2n) is 10.2. The number of alkyl halides is 2. The van der Waals surface area contributed by atoms with E-state index in [-0.39, 0.29) is 19.7 Å². The molecule has 0 spiro atoms. The monoisotopic (exact) mass is 518 g/mol. The Morgan fingerprint density at radius 2 is 1.59 bits per heavy atom. The van der Waals surface area contributed by atoms with E-state index in [2.05, 4.69) is 0 Å². The Kier molecular flexibility index (Phi) is 9.86. The summed E-state index contributed by atoms with van der Waals surface area (Å²) in [5, 5.41) is 0. The largest absolute Gasteiger partial charge is 0.445 e. The zero-order chi connectivity index (χ0) is 26.9. The molecule has 0 saturated carbocycles. The highest BCUT2D eigenvalue weighted by Crippen LogP contribution is 2.31. The molecule has 1 atom stereocenters. The number of hydrogen-bond donors (Lipinski definition) is 0. The number of amides is 2. The Balaban J connectivity index is 1.66. The van der Waals surface area contributed by atoms with Crippen molar-refractivity contribution in [1.29, 1.82) is 0 Å². The predicted octanol–water partition coefficient (Wildman–Crippen LogP) is 5.88. The Bertz CT molecular complexity index is 999. The van der Waals surface area contributed by atoms with Gasteiger partial charge in [0.15, 0.2) is 0 Å². The lowest BCUT2D eigenvalue weighted by Gasteiger charge is -2.42. The van der Waals surface area contributed by atoms with Gasteiger partial charge in [-0.05, 0) is 38.3 Å². The second-order valence-corrected chi connectivity index (χ2v) is 10.2. The van der Waals surface area contributed by atoms with Crippen LogP contribution in [0, 0.1) is 0 Å². The summed E-state index contributed by atoms with van der Waals surface area (Å²) in [6.45, 7) is 5.09. The van der Waals surface area contributed by atoms with Crippen molar-refractivity contribution < 1.29 is 32.6 Å². The normalized spacial score (nSPS) is 17.2. The molecule has 2 amide bonds. The molecule has 0 aliphatic carbocycles. The minimum absolute atomic E-state index is 0.0135. The molecule has 3 rings (SSSR count). The summed E-state index contributed by atoms with van der Waals surface area (Å²) in [7, 11) is 0. The van der Waals surface area contributed by atoms with Crippen molar-refractivity contribution in [2.75, 3.05) is 26.2 Å². The van der Waals surface area contributed by atoms with E-state index in [4.69, 9.17) is 14.2 Å². The lowest BCUT2D eigenvalue weighted by atomic mass is 10.0. The number of carbonyl (C=O) groups is 2. The fourth-order valence-corrected chi connectivity index (χ4v) is 4.07. The highest BCUT2D eigenvalue weighted by molar-refractivity contribution is 5.70. The first kappa shape index (κ1) is 28.4. The van der Waals surface area contributed by atoms with Crippen molar-refractivity contribution in [3.05, 3.63) is 71.8 Å². The molecule has 1 heterocycles. The SMILES string of the molecule is CC(C)(C)OC(=O)N1C[C@H](N(CCCOCc2ccccc2)C(=O)OCc2ccccc2)CC(F)(F)C1. The van der Waals surface area contributed by atoms with Crippen LogP contribution in [0.5, 0.6) is 0 Å². The van der Waals surface area contributed by atoms with Crippen molar-refractivity contribution in [1.82, 2.24) is 9.80 Å². The van der Waals surface area contributed by atoms with Crippen LogP contribution in [-0.2, 0) is 27.4 Å². The van der Waals surface area contributed by atoms with Gasteiger partial charge in [0.25, 0.3) is 5.92 Å². The molecule has 0 unspecified atom stereocenters. The van der Waals surface area contributed by atoms with Gasteiger partial charge in [-0.3, -0.25) is 0 Å². The van der Waals surface area contributed by atoms with Gasteiger partial charge in [-0.15, -0.1) is 0 Å². The molecular weight excluding hydrogens is 482 g/mol. The molecule has 0 aromatic heterocycles. The number of likely N-dealkylation sites (tertiary alicyclic amines) is 1. The van der Waals surface area contributed by atoms with Crippen LogP contribution in [0.4, 0.5) is 18.4 Å². The van der Waals surface area contributed by atoms with Gasteiger partial charge >= 0.3 is 12.2 Å². The van der Waals surface area contributed by atoms with Crippen molar-refractivity contribution >= 4 is 12.2 Å². The number of benzene rings is 2.